The summed E-state index contributed by atoms with van der Waals surface area (Å²) in [6.45, 7) is 1.25. The van der Waals surface area contributed by atoms with Crippen molar-refractivity contribution in [2.75, 3.05) is 0 Å². The number of amides is 1. The predicted molar refractivity (Wildman–Crippen MR) is 90.2 cm³/mol. The SMILES string of the molecule is C#CC1=C(NC(C)=O)C(=O)c2ccccc2C1=O.c1cc2cc-2c1. The highest BCUT2D eigenvalue weighted by Crippen LogP contribution is 2.32. The molecule has 0 aliphatic heterocycles. The van der Waals surface area contributed by atoms with Crippen molar-refractivity contribution < 1.29 is 14.4 Å². The molecule has 0 saturated heterocycles. The number of fused-ring (bicyclic) bond motifs is 2. The Hall–Kier alpha value is -3.45. The van der Waals surface area contributed by atoms with Crippen LogP contribution in [-0.4, -0.2) is 17.5 Å². The summed E-state index contributed by atoms with van der Waals surface area (Å²) in [6, 6.07) is 14.9. The van der Waals surface area contributed by atoms with Gasteiger partial charge < -0.3 is 5.32 Å². The van der Waals surface area contributed by atoms with E-state index >= 15 is 0 Å². The van der Waals surface area contributed by atoms with Gasteiger partial charge in [-0.1, -0.05) is 48.4 Å². The lowest BCUT2D eigenvalue weighted by Gasteiger charge is -2.17. The van der Waals surface area contributed by atoms with E-state index in [0.29, 0.717) is 0 Å². The number of carbonyl (C=O) groups excluding carboxylic acids is 3. The summed E-state index contributed by atoms with van der Waals surface area (Å²) in [5.41, 5.74) is 3.16. The molecule has 0 fully saturated rings. The molecule has 0 saturated carbocycles. The van der Waals surface area contributed by atoms with Crippen LogP contribution in [0.3, 0.4) is 0 Å². The third kappa shape index (κ3) is 2.75. The molecular weight excluding hydrogens is 302 g/mol. The second kappa shape index (κ2) is 5.98. The van der Waals surface area contributed by atoms with Crippen molar-refractivity contribution >= 4 is 17.5 Å². The van der Waals surface area contributed by atoms with Gasteiger partial charge in [-0.05, 0) is 17.2 Å². The van der Waals surface area contributed by atoms with Crippen LogP contribution in [0.25, 0.3) is 11.1 Å². The average molecular weight is 315 g/mol. The Morgan fingerprint density at radius 1 is 0.958 bits per heavy atom. The summed E-state index contributed by atoms with van der Waals surface area (Å²) in [6.07, 6.45) is 5.25. The highest BCUT2D eigenvalue weighted by atomic mass is 16.2. The number of nitrogens with one attached hydrogen (secondary N) is 1. The molecule has 24 heavy (non-hydrogen) atoms. The normalized spacial score (nSPS) is 13.3. The highest BCUT2D eigenvalue weighted by molar-refractivity contribution is 6.28. The summed E-state index contributed by atoms with van der Waals surface area (Å²) in [4.78, 5) is 35.3. The number of carbonyl (C=O) groups is 3. The van der Waals surface area contributed by atoms with Gasteiger partial charge in [0.25, 0.3) is 0 Å². The number of ketones is 2. The van der Waals surface area contributed by atoms with Gasteiger partial charge in [-0.3, -0.25) is 14.4 Å². The Morgan fingerprint density at radius 2 is 1.54 bits per heavy atom. The van der Waals surface area contributed by atoms with Crippen LogP contribution in [0.4, 0.5) is 0 Å². The van der Waals surface area contributed by atoms with E-state index in [1.54, 1.807) is 12.1 Å². The Morgan fingerprint density at radius 3 is 1.96 bits per heavy atom. The fourth-order valence-corrected chi connectivity index (χ4v) is 2.48. The van der Waals surface area contributed by atoms with Crippen LogP contribution in [-0.2, 0) is 4.79 Å². The summed E-state index contributed by atoms with van der Waals surface area (Å²) < 4.78 is 0. The van der Waals surface area contributed by atoms with Gasteiger partial charge in [0, 0.05) is 18.1 Å². The number of hydrogen-bond donors (Lipinski definition) is 1. The first-order chi connectivity index (χ1) is 11.5. The molecule has 0 atom stereocenters. The van der Waals surface area contributed by atoms with Gasteiger partial charge in [0.15, 0.2) is 0 Å². The Balaban J connectivity index is 0.000000231. The molecule has 0 aromatic heterocycles. The smallest absolute Gasteiger partial charge is 0.221 e. The predicted octanol–water partition coefficient (Wildman–Crippen LogP) is 2.76. The maximum Gasteiger partial charge on any atom is 0.221 e. The first-order valence-corrected chi connectivity index (χ1v) is 7.30. The zero-order valence-corrected chi connectivity index (χ0v) is 12.9. The number of terminal acetylenes is 1. The first-order valence-electron chi connectivity index (χ1n) is 7.30. The van der Waals surface area contributed by atoms with Gasteiger partial charge in [0.05, 0.1) is 5.57 Å². The molecule has 4 rings (SSSR count). The lowest BCUT2D eigenvalue weighted by Crippen LogP contribution is -2.32. The molecule has 0 heterocycles. The van der Waals surface area contributed by atoms with Crippen LogP contribution in [0, 0.1) is 12.3 Å². The van der Waals surface area contributed by atoms with E-state index in [9.17, 15) is 14.4 Å². The molecule has 1 aromatic carbocycles. The molecule has 1 N–H and O–H groups in total. The minimum absolute atomic E-state index is 0.103. The van der Waals surface area contributed by atoms with Gasteiger partial charge in [-0.2, -0.15) is 0 Å². The Kier molecular flexibility index (Phi) is 3.85. The number of Topliss-reactive ketones (excluding diaryl/α,β-unsaturated/α-hetero) is 2. The molecule has 3 aliphatic rings. The minimum atomic E-state index is -0.446. The maximum atomic E-state index is 12.1. The van der Waals surface area contributed by atoms with E-state index < -0.39 is 17.5 Å². The third-order valence-corrected chi connectivity index (χ3v) is 3.68. The fraction of sp³-hybridized carbons (Fsp3) is 0.0500. The number of allylic oxidation sites excluding steroid dienone is 2. The van der Waals surface area contributed by atoms with Crippen molar-refractivity contribution in [2.24, 2.45) is 0 Å². The number of hydrogen-bond acceptors (Lipinski definition) is 3. The monoisotopic (exact) mass is 315 g/mol. The Bertz CT molecular complexity index is 944. The van der Waals surface area contributed by atoms with Crippen LogP contribution < -0.4 is 5.32 Å². The molecule has 1 aromatic rings. The van der Waals surface area contributed by atoms with Crippen LogP contribution in [0.15, 0.2) is 59.8 Å². The van der Waals surface area contributed by atoms with E-state index in [2.05, 4.69) is 35.5 Å². The van der Waals surface area contributed by atoms with Gasteiger partial charge in [0.1, 0.15) is 5.70 Å². The summed E-state index contributed by atoms with van der Waals surface area (Å²) in [7, 11) is 0. The molecule has 0 bridgehead atoms. The fourth-order valence-electron chi connectivity index (χ4n) is 2.48. The topological polar surface area (TPSA) is 63.2 Å². The maximum absolute atomic E-state index is 12.1. The number of benzene rings is 2. The second-order valence-corrected chi connectivity index (χ2v) is 5.36. The molecule has 0 spiro atoms. The van der Waals surface area contributed by atoms with Crippen LogP contribution >= 0.6 is 0 Å². The lowest BCUT2D eigenvalue weighted by molar-refractivity contribution is -0.118. The van der Waals surface area contributed by atoms with Crippen molar-refractivity contribution in [3.05, 3.63) is 70.9 Å². The quantitative estimate of drug-likeness (QED) is 0.702. The molecule has 0 radical (unpaired) electrons. The summed E-state index contributed by atoms with van der Waals surface area (Å²) >= 11 is 0. The van der Waals surface area contributed by atoms with E-state index in [1.165, 1.54) is 30.2 Å². The molecule has 4 heteroatoms. The van der Waals surface area contributed by atoms with Crippen molar-refractivity contribution in [1.29, 1.82) is 0 Å². The Labute approximate surface area is 139 Å². The second-order valence-electron chi connectivity index (χ2n) is 5.36. The van der Waals surface area contributed by atoms with Crippen LogP contribution in [0.2, 0.25) is 0 Å². The van der Waals surface area contributed by atoms with E-state index in [0.717, 1.165) is 0 Å². The zero-order chi connectivity index (χ0) is 17.3. The molecule has 3 aliphatic carbocycles. The summed E-state index contributed by atoms with van der Waals surface area (Å²) in [5.74, 6) is 0.872. The van der Waals surface area contributed by atoms with Crippen LogP contribution in [0.1, 0.15) is 27.6 Å². The van der Waals surface area contributed by atoms with Gasteiger partial charge in [-0.25, -0.2) is 0 Å². The lowest BCUT2D eigenvalue weighted by atomic mass is 9.87. The van der Waals surface area contributed by atoms with E-state index in [1.807, 2.05) is 0 Å². The van der Waals surface area contributed by atoms with Crippen molar-refractivity contribution in [3.63, 3.8) is 0 Å². The molecule has 4 nitrogen and oxygen atoms in total. The average Bonchev–Trinajstić information content (AvgIpc) is 3.18. The van der Waals surface area contributed by atoms with Crippen molar-refractivity contribution in [2.45, 2.75) is 6.92 Å². The van der Waals surface area contributed by atoms with Crippen LogP contribution in [0.5, 0.6) is 0 Å². The first kappa shape index (κ1) is 15.4. The largest absolute Gasteiger partial charge is 0.322 e. The number of rotatable bonds is 1. The molecule has 0 unspecified atom stereocenters. The van der Waals surface area contributed by atoms with E-state index in [-0.39, 0.29) is 22.4 Å². The third-order valence-electron chi connectivity index (χ3n) is 3.68. The van der Waals surface area contributed by atoms with E-state index in [4.69, 9.17) is 6.42 Å². The van der Waals surface area contributed by atoms with Gasteiger partial charge >= 0.3 is 0 Å². The minimum Gasteiger partial charge on any atom is -0.322 e. The summed E-state index contributed by atoms with van der Waals surface area (Å²) in [5, 5.41) is 2.33. The van der Waals surface area contributed by atoms with Gasteiger partial charge in [-0.15, -0.1) is 6.42 Å². The van der Waals surface area contributed by atoms with Crippen molar-refractivity contribution in [1.82, 2.24) is 5.32 Å². The highest BCUT2D eigenvalue weighted by Gasteiger charge is 2.31. The standard InChI is InChI=1S/C14H9NO3.C6H4/c1-3-9-12(15-8(2)16)14(18)11-7-5-4-6-10(11)13(9)17;1-2-5-4-6(5)3-1/h1,4-7H,2H3,(H,15,16);1-4H. The molecule has 116 valence electrons. The molecule has 1 amide bonds. The van der Waals surface area contributed by atoms with Gasteiger partial charge in [0.2, 0.25) is 17.5 Å². The molecular formula is C20H13NO3. The zero-order valence-electron chi connectivity index (χ0n) is 12.9. The van der Waals surface area contributed by atoms with Crippen molar-refractivity contribution in [3.8, 4) is 23.5 Å².